The maximum absolute atomic E-state index is 11.1. The molecule has 0 fully saturated rings. The molecule has 0 spiro atoms. The number of hydrogen-bond acceptors (Lipinski definition) is 6. The zero-order valence-electron chi connectivity index (χ0n) is 9.09. The van der Waals surface area contributed by atoms with Crippen LogP contribution in [0, 0.1) is 0 Å². The molecule has 0 aliphatic heterocycles. The Morgan fingerprint density at radius 1 is 1.75 bits per heavy atom. The lowest BCUT2D eigenvalue weighted by atomic mass is 10.4. The maximum atomic E-state index is 11.1. The number of nitrogen functional groups attached to an aromatic ring is 1. The SMILES string of the molecule is CC(CN)SCCn1cc(C(=O)NN)nn1. The molecule has 0 radical (unpaired) electrons. The number of aryl methyl sites for hydroxylation is 1. The number of hydrogen-bond donors (Lipinski definition) is 3. The van der Waals surface area contributed by atoms with Gasteiger partial charge in [-0.1, -0.05) is 12.1 Å². The highest BCUT2D eigenvalue weighted by Crippen LogP contribution is 2.08. The Bertz CT molecular complexity index is 341. The van der Waals surface area contributed by atoms with Crippen LogP contribution in [0.15, 0.2) is 6.20 Å². The summed E-state index contributed by atoms with van der Waals surface area (Å²) in [6.45, 7) is 3.42. The topological polar surface area (TPSA) is 112 Å². The highest BCUT2D eigenvalue weighted by molar-refractivity contribution is 7.99. The second-order valence-corrected chi connectivity index (χ2v) is 4.80. The summed E-state index contributed by atoms with van der Waals surface area (Å²) in [5.74, 6) is 5.42. The number of carbonyl (C=O) groups excluding carboxylic acids is 1. The second kappa shape index (κ2) is 6.46. The van der Waals surface area contributed by atoms with E-state index in [1.807, 2.05) is 5.43 Å². The third-order valence-corrected chi connectivity index (χ3v) is 3.14. The van der Waals surface area contributed by atoms with Gasteiger partial charge in [0.1, 0.15) is 0 Å². The minimum atomic E-state index is -0.436. The Morgan fingerprint density at radius 2 is 2.50 bits per heavy atom. The molecule has 1 aromatic rings. The van der Waals surface area contributed by atoms with Gasteiger partial charge >= 0.3 is 0 Å². The van der Waals surface area contributed by atoms with Crippen molar-refractivity contribution in [2.45, 2.75) is 18.7 Å². The van der Waals surface area contributed by atoms with Crippen molar-refractivity contribution in [2.75, 3.05) is 12.3 Å². The third-order valence-electron chi connectivity index (χ3n) is 1.96. The van der Waals surface area contributed by atoms with Crippen LogP contribution in [0.3, 0.4) is 0 Å². The van der Waals surface area contributed by atoms with Crippen LogP contribution in [0.2, 0.25) is 0 Å². The van der Waals surface area contributed by atoms with Crippen molar-refractivity contribution in [1.82, 2.24) is 20.4 Å². The highest BCUT2D eigenvalue weighted by Gasteiger charge is 2.08. The molecule has 8 heteroatoms. The Labute approximate surface area is 97.9 Å². The lowest BCUT2D eigenvalue weighted by Crippen LogP contribution is -2.30. The van der Waals surface area contributed by atoms with Crippen molar-refractivity contribution >= 4 is 17.7 Å². The average Bonchev–Trinajstić information content (AvgIpc) is 2.76. The summed E-state index contributed by atoms with van der Waals surface area (Å²) in [6.07, 6.45) is 1.57. The molecule has 1 rings (SSSR count). The zero-order valence-corrected chi connectivity index (χ0v) is 9.91. The van der Waals surface area contributed by atoms with E-state index in [1.54, 1.807) is 22.6 Å². The van der Waals surface area contributed by atoms with Gasteiger partial charge in [0.15, 0.2) is 5.69 Å². The predicted octanol–water partition coefficient (Wildman–Crippen LogP) is -1.04. The number of carbonyl (C=O) groups is 1. The standard InChI is InChI=1S/C8H16N6OS/c1-6(4-9)16-3-2-14-5-7(12-13-14)8(15)11-10/h5-6H,2-4,9-10H2,1H3,(H,11,15). The van der Waals surface area contributed by atoms with E-state index in [-0.39, 0.29) is 5.69 Å². The van der Waals surface area contributed by atoms with E-state index in [9.17, 15) is 4.79 Å². The van der Waals surface area contributed by atoms with Crippen LogP contribution in [0.25, 0.3) is 0 Å². The van der Waals surface area contributed by atoms with Crippen LogP contribution in [0.4, 0.5) is 0 Å². The first kappa shape index (κ1) is 12.9. The van der Waals surface area contributed by atoms with Gasteiger partial charge in [-0.15, -0.1) is 5.10 Å². The quantitative estimate of drug-likeness (QED) is 0.335. The number of rotatable bonds is 6. The number of nitrogens with one attached hydrogen (secondary N) is 1. The van der Waals surface area contributed by atoms with Gasteiger partial charge in [-0.2, -0.15) is 11.8 Å². The molecule has 0 aromatic carbocycles. The van der Waals surface area contributed by atoms with Gasteiger partial charge in [0.05, 0.1) is 12.7 Å². The van der Waals surface area contributed by atoms with E-state index >= 15 is 0 Å². The molecule has 1 heterocycles. The molecule has 0 saturated carbocycles. The van der Waals surface area contributed by atoms with Crippen molar-refractivity contribution in [1.29, 1.82) is 0 Å². The summed E-state index contributed by atoms with van der Waals surface area (Å²) in [5.41, 5.74) is 7.71. The molecule has 90 valence electrons. The zero-order chi connectivity index (χ0) is 12.0. The molecule has 5 N–H and O–H groups in total. The number of thioether (sulfide) groups is 1. The van der Waals surface area contributed by atoms with E-state index in [1.165, 1.54) is 0 Å². The predicted molar refractivity (Wildman–Crippen MR) is 62.7 cm³/mol. The number of hydrazine groups is 1. The average molecular weight is 244 g/mol. The molecule has 7 nitrogen and oxygen atoms in total. The fourth-order valence-corrected chi connectivity index (χ4v) is 1.83. The first-order valence-electron chi connectivity index (χ1n) is 4.90. The van der Waals surface area contributed by atoms with Crippen LogP contribution >= 0.6 is 11.8 Å². The number of nitrogens with two attached hydrogens (primary N) is 2. The lowest BCUT2D eigenvalue weighted by molar-refractivity contribution is 0.0948. The first-order chi connectivity index (χ1) is 7.67. The first-order valence-corrected chi connectivity index (χ1v) is 5.95. The summed E-state index contributed by atoms with van der Waals surface area (Å²) in [5, 5.41) is 7.93. The Kier molecular flexibility index (Phi) is 5.23. The molecular formula is C8H16N6OS. The highest BCUT2D eigenvalue weighted by atomic mass is 32.2. The number of amides is 1. The van der Waals surface area contributed by atoms with Gasteiger partial charge in [0, 0.05) is 17.5 Å². The summed E-state index contributed by atoms with van der Waals surface area (Å²) < 4.78 is 1.61. The van der Waals surface area contributed by atoms with Crippen LogP contribution in [0.1, 0.15) is 17.4 Å². The molecule has 0 saturated heterocycles. The molecule has 1 unspecified atom stereocenters. The Hall–Kier alpha value is -1.12. The van der Waals surface area contributed by atoms with E-state index in [4.69, 9.17) is 11.6 Å². The van der Waals surface area contributed by atoms with Crippen LogP contribution in [0.5, 0.6) is 0 Å². The molecular weight excluding hydrogens is 228 g/mol. The van der Waals surface area contributed by atoms with E-state index < -0.39 is 5.91 Å². The van der Waals surface area contributed by atoms with Gasteiger partial charge in [-0.25, -0.2) is 5.84 Å². The van der Waals surface area contributed by atoms with Gasteiger partial charge in [0.2, 0.25) is 0 Å². The normalized spacial score (nSPS) is 12.4. The van der Waals surface area contributed by atoms with Crippen molar-refractivity contribution in [3.8, 4) is 0 Å². The van der Waals surface area contributed by atoms with E-state index in [0.29, 0.717) is 18.3 Å². The fraction of sp³-hybridized carbons (Fsp3) is 0.625. The Morgan fingerprint density at radius 3 is 3.12 bits per heavy atom. The lowest BCUT2D eigenvalue weighted by Gasteiger charge is -2.06. The minimum absolute atomic E-state index is 0.222. The summed E-state index contributed by atoms with van der Waals surface area (Å²) in [6, 6.07) is 0. The van der Waals surface area contributed by atoms with Crippen molar-refractivity contribution in [3.05, 3.63) is 11.9 Å². The van der Waals surface area contributed by atoms with Gasteiger partial charge < -0.3 is 5.73 Å². The van der Waals surface area contributed by atoms with E-state index in [2.05, 4.69) is 17.2 Å². The monoisotopic (exact) mass is 244 g/mol. The van der Waals surface area contributed by atoms with Crippen LogP contribution in [-0.2, 0) is 6.54 Å². The molecule has 1 amide bonds. The molecule has 0 aliphatic carbocycles. The van der Waals surface area contributed by atoms with E-state index in [0.717, 1.165) is 5.75 Å². The minimum Gasteiger partial charge on any atom is -0.329 e. The van der Waals surface area contributed by atoms with Crippen LogP contribution < -0.4 is 17.0 Å². The molecule has 0 aliphatic rings. The summed E-state index contributed by atoms with van der Waals surface area (Å²) in [7, 11) is 0. The van der Waals surface area contributed by atoms with Crippen molar-refractivity contribution in [2.24, 2.45) is 11.6 Å². The largest absolute Gasteiger partial charge is 0.329 e. The third kappa shape index (κ3) is 3.80. The smallest absolute Gasteiger partial charge is 0.287 e. The molecule has 0 bridgehead atoms. The maximum Gasteiger partial charge on any atom is 0.287 e. The summed E-state index contributed by atoms with van der Waals surface area (Å²) >= 11 is 1.76. The Balaban J connectivity index is 2.38. The van der Waals surface area contributed by atoms with Crippen molar-refractivity contribution < 1.29 is 4.79 Å². The molecule has 16 heavy (non-hydrogen) atoms. The molecule has 1 atom stereocenters. The van der Waals surface area contributed by atoms with Crippen LogP contribution in [-0.4, -0.2) is 38.4 Å². The van der Waals surface area contributed by atoms with Gasteiger partial charge in [0.25, 0.3) is 5.91 Å². The second-order valence-electron chi connectivity index (χ2n) is 3.26. The van der Waals surface area contributed by atoms with Gasteiger partial charge in [-0.3, -0.25) is 14.9 Å². The number of aromatic nitrogens is 3. The summed E-state index contributed by atoms with van der Waals surface area (Å²) in [4.78, 5) is 11.1. The van der Waals surface area contributed by atoms with Crippen molar-refractivity contribution in [3.63, 3.8) is 0 Å². The molecule has 1 aromatic heterocycles. The van der Waals surface area contributed by atoms with Gasteiger partial charge in [-0.05, 0) is 0 Å². The number of nitrogens with zero attached hydrogens (tertiary/aromatic N) is 3. The fourth-order valence-electron chi connectivity index (χ4n) is 1.00.